The van der Waals surface area contributed by atoms with Gasteiger partial charge in [-0.05, 0) is 31.9 Å². The van der Waals surface area contributed by atoms with E-state index in [0.29, 0.717) is 12.3 Å². The summed E-state index contributed by atoms with van der Waals surface area (Å²) in [6.07, 6.45) is 5.88. The summed E-state index contributed by atoms with van der Waals surface area (Å²) >= 11 is 0. The van der Waals surface area contributed by atoms with E-state index < -0.39 is 0 Å². The van der Waals surface area contributed by atoms with Crippen molar-refractivity contribution in [2.24, 2.45) is 5.73 Å². The number of aryl methyl sites for hydroxylation is 1. The van der Waals surface area contributed by atoms with Gasteiger partial charge in [-0.25, -0.2) is 0 Å². The van der Waals surface area contributed by atoms with Crippen molar-refractivity contribution < 1.29 is 5.11 Å². The Kier molecular flexibility index (Phi) is 3.02. The standard InChI is InChI=1S/C16H22N2O/c1-11-9-12-14(18-11)6-5-13(15(12)19)16(10-17)7-3-2-4-8-16/h5-6,9,18-19H,2-4,7-8,10,17H2,1H3. The molecule has 1 aliphatic rings. The number of fused-ring (bicyclic) bond motifs is 1. The van der Waals surface area contributed by atoms with E-state index in [1.54, 1.807) is 0 Å². The molecule has 0 saturated heterocycles. The molecule has 0 unspecified atom stereocenters. The Bertz CT molecular complexity index is 594. The summed E-state index contributed by atoms with van der Waals surface area (Å²) in [6.45, 7) is 2.63. The zero-order valence-corrected chi connectivity index (χ0v) is 11.5. The molecular formula is C16H22N2O. The molecule has 1 saturated carbocycles. The van der Waals surface area contributed by atoms with E-state index in [1.807, 2.05) is 13.0 Å². The summed E-state index contributed by atoms with van der Waals surface area (Å²) in [4.78, 5) is 3.27. The van der Waals surface area contributed by atoms with Crippen LogP contribution in [0, 0.1) is 6.92 Å². The highest BCUT2D eigenvalue weighted by Crippen LogP contribution is 2.44. The van der Waals surface area contributed by atoms with Gasteiger partial charge < -0.3 is 15.8 Å². The Hall–Kier alpha value is -1.48. The lowest BCUT2D eigenvalue weighted by atomic mass is 9.69. The molecule has 0 radical (unpaired) electrons. The van der Waals surface area contributed by atoms with Gasteiger partial charge in [0.2, 0.25) is 0 Å². The van der Waals surface area contributed by atoms with E-state index in [-0.39, 0.29) is 5.41 Å². The van der Waals surface area contributed by atoms with Gasteiger partial charge in [-0.15, -0.1) is 0 Å². The Morgan fingerprint density at radius 2 is 2.00 bits per heavy atom. The van der Waals surface area contributed by atoms with Gasteiger partial charge in [0.1, 0.15) is 5.75 Å². The largest absolute Gasteiger partial charge is 0.507 e. The Morgan fingerprint density at radius 1 is 1.26 bits per heavy atom. The Labute approximate surface area is 113 Å². The van der Waals surface area contributed by atoms with Crippen LogP contribution >= 0.6 is 0 Å². The number of rotatable bonds is 2. The minimum Gasteiger partial charge on any atom is -0.507 e. The molecule has 0 atom stereocenters. The summed E-state index contributed by atoms with van der Waals surface area (Å²) in [5, 5.41) is 11.6. The predicted octanol–water partition coefficient (Wildman–Crippen LogP) is 3.34. The number of benzene rings is 1. The van der Waals surface area contributed by atoms with Crippen LogP contribution in [0.3, 0.4) is 0 Å². The van der Waals surface area contributed by atoms with E-state index in [1.165, 1.54) is 19.3 Å². The molecule has 3 nitrogen and oxygen atoms in total. The minimum absolute atomic E-state index is 0.0261. The van der Waals surface area contributed by atoms with Crippen molar-refractivity contribution in [3.05, 3.63) is 29.5 Å². The average Bonchev–Trinajstić information content (AvgIpc) is 2.81. The molecule has 1 aliphatic carbocycles. The second-order valence-corrected chi connectivity index (χ2v) is 5.92. The van der Waals surface area contributed by atoms with Crippen molar-refractivity contribution in [3.63, 3.8) is 0 Å². The molecule has 0 bridgehead atoms. The highest BCUT2D eigenvalue weighted by Gasteiger charge is 2.35. The number of hydrogen-bond acceptors (Lipinski definition) is 2. The number of H-pyrrole nitrogens is 1. The summed E-state index contributed by atoms with van der Waals surface area (Å²) in [5.74, 6) is 0.425. The van der Waals surface area contributed by atoms with Crippen molar-refractivity contribution in [3.8, 4) is 5.75 Å². The maximum absolute atomic E-state index is 10.6. The number of phenolic OH excluding ortho intramolecular Hbond substituents is 1. The number of nitrogens with two attached hydrogens (primary N) is 1. The molecule has 4 N–H and O–H groups in total. The minimum atomic E-state index is -0.0261. The van der Waals surface area contributed by atoms with Crippen LogP contribution in [0.2, 0.25) is 0 Å². The molecular weight excluding hydrogens is 236 g/mol. The van der Waals surface area contributed by atoms with Crippen LogP contribution in [0.15, 0.2) is 18.2 Å². The Morgan fingerprint density at radius 3 is 2.68 bits per heavy atom. The van der Waals surface area contributed by atoms with Gasteiger partial charge >= 0.3 is 0 Å². The lowest BCUT2D eigenvalue weighted by Crippen LogP contribution is -2.37. The molecule has 1 aromatic heterocycles. The molecule has 3 heteroatoms. The van der Waals surface area contributed by atoms with Crippen molar-refractivity contribution >= 4 is 10.9 Å². The second kappa shape index (κ2) is 4.57. The zero-order chi connectivity index (χ0) is 13.5. The van der Waals surface area contributed by atoms with E-state index >= 15 is 0 Å². The zero-order valence-electron chi connectivity index (χ0n) is 11.5. The molecule has 1 fully saturated rings. The number of nitrogens with one attached hydrogen (secondary N) is 1. The van der Waals surface area contributed by atoms with E-state index in [9.17, 15) is 5.11 Å². The fourth-order valence-corrected chi connectivity index (χ4v) is 3.57. The lowest BCUT2D eigenvalue weighted by Gasteiger charge is -2.37. The average molecular weight is 258 g/mol. The SMILES string of the molecule is Cc1cc2c(O)c(C3(CN)CCCCC3)ccc2[nH]1. The summed E-state index contributed by atoms with van der Waals surface area (Å²) in [6, 6.07) is 6.15. The van der Waals surface area contributed by atoms with Crippen LogP contribution in [-0.2, 0) is 5.41 Å². The van der Waals surface area contributed by atoms with Crippen LogP contribution in [0.4, 0.5) is 0 Å². The lowest BCUT2D eigenvalue weighted by molar-refractivity contribution is 0.292. The second-order valence-electron chi connectivity index (χ2n) is 5.92. The van der Waals surface area contributed by atoms with Crippen LogP contribution in [0.5, 0.6) is 5.75 Å². The maximum Gasteiger partial charge on any atom is 0.128 e. The fraction of sp³-hybridized carbons (Fsp3) is 0.500. The molecule has 19 heavy (non-hydrogen) atoms. The first-order valence-electron chi connectivity index (χ1n) is 7.18. The van der Waals surface area contributed by atoms with Crippen molar-refractivity contribution in [2.75, 3.05) is 6.54 Å². The van der Waals surface area contributed by atoms with Gasteiger partial charge in [0.05, 0.1) is 0 Å². The molecule has 102 valence electrons. The maximum atomic E-state index is 10.6. The first-order valence-corrected chi connectivity index (χ1v) is 7.18. The first kappa shape index (κ1) is 12.5. The molecule has 2 aromatic rings. The van der Waals surface area contributed by atoms with E-state index in [2.05, 4.69) is 17.1 Å². The van der Waals surface area contributed by atoms with Crippen LogP contribution < -0.4 is 5.73 Å². The van der Waals surface area contributed by atoms with Crippen molar-refractivity contribution in [1.82, 2.24) is 4.98 Å². The third-order valence-electron chi connectivity index (χ3n) is 4.68. The van der Waals surface area contributed by atoms with Crippen molar-refractivity contribution in [2.45, 2.75) is 44.4 Å². The van der Waals surface area contributed by atoms with Crippen LogP contribution in [-0.4, -0.2) is 16.6 Å². The molecule has 0 spiro atoms. The predicted molar refractivity (Wildman–Crippen MR) is 78.5 cm³/mol. The number of aromatic hydroxyl groups is 1. The van der Waals surface area contributed by atoms with Gasteiger partial charge in [0.25, 0.3) is 0 Å². The molecule has 1 aromatic carbocycles. The van der Waals surface area contributed by atoms with Crippen molar-refractivity contribution in [1.29, 1.82) is 0 Å². The number of aromatic nitrogens is 1. The number of aromatic amines is 1. The monoisotopic (exact) mass is 258 g/mol. The third-order valence-corrected chi connectivity index (χ3v) is 4.68. The van der Waals surface area contributed by atoms with Gasteiger partial charge in [0.15, 0.2) is 0 Å². The highest BCUT2D eigenvalue weighted by atomic mass is 16.3. The molecule has 0 amide bonds. The fourth-order valence-electron chi connectivity index (χ4n) is 3.57. The molecule has 0 aliphatic heterocycles. The quantitative estimate of drug-likeness (QED) is 0.773. The number of phenols is 1. The number of hydrogen-bond donors (Lipinski definition) is 3. The normalized spacial score (nSPS) is 18.8. The van der Waals surface area contributed by atoms with Gasteiger partial charge in [-0.1, -0.05) is 25.3 Å². The summed E-state index contributed by atoms with van der Waals surface area (Å²) in [7, 11) is 0. The van der Waals surface area contributed by atoms with Gasteiger partial charge in [-0.2, -0.15) is 0 Å². The summed E-state index contributed by atoms with van der Waals surface area (Å²) < 4.78 is 0. The molecule has 1 heterocycles. The van der Waals surface area contributed by atoms with E-state index in [0.717, 1.165) is 35.0 Å². The highest BCUT2D eigenvalue weighted by molar-refractivity contribution is 5.88. The van der Waals surface area contributed by atoms with E-state index in [4.69, 9.17) is 5.73 Å². The van der Waals surface area contributed by atoms with Gasteiger partial charge in [-0.3, -0.25) is 0 Å². The Balaban J connectivity index is 2.15. The summed E-state index contributed by atoms with van der Waals surface area (Å²) in [5.41, 5.74) is 9.16. The first-order chi connectivity index (χ1) is 9.16. The smallest absolute Gasteiger partial charge is 0.128 e. The molecule has 3 rings (SSSR count). The van der Waals surface area contributed by atoms with Crippen LogP contribution in [0.25, 0.3) is 10.9 Å². The topological polar surface area (TPSA) is 62.0 Å². The van der Waals surface area contributed by atoms with Gasteiger partial charge in [0, 0.05) is 34.1 Å². The van der Waals surface area contributed by atoms with Crippen LogP contribution in [0.1, 0.15) is 43.4 Å². The third kappa shape index (κ3) is 1.93.